The minimum atomic E-state index is -1.02. The highest BCUT2D eigenvalue weighted by molar-refractivity contribution is 6.51. The van der Waals surface area contributed by atoms with Gasteiger partial charge >= 0.3 is 0 Å². The lowest BCUT2D eigenvalue weighted by atomic mass is 9.81. The smallest absolute Gasteiger partial charge is 0.230 e. The summed E-state index contributed by atoms with van der Waals surface area (Å²) < 4.78 is 0. The number of hydrogen-bond donors (Lipinski definition) is 2. The summed E-state index contributed by atoms with van der Waals surface area (Å²) in [4.78, 5) is 34.6. The Labute approximate surface area is 90.3 Å². The molecule has 0 radical (unpaired) electrons. The third kappa shape index (κ3) is 1.21. The van der Waals surface area contributed by atoms with Crippen molar-refractivity contribution in [2.75, 3.05) is 0 Å². The second-order valence-electron chi connectivity index (χ2n) is 3.67. The Balaban J connectivity index is 2.73. The number of carbonyl (C=O) groups is 3. The Morgan fingerprint density at radius 2 is 1.44 bits per heavy atom. The first-order valence-corrected chi connectivity index (χ1v) is 4.62. The predicted molar refractivity (Wildman–Crippen MR) is 52.6 cm³/mol. The lowest BCUT2D eigenvalue weighted by molar-refractivity contribution is -0.117. The van der Waals surface area contributed by atoms with Crippen molar-refractivity contribution >= 4 is 17.3 Å². The summed E-state index contributed by atoms with van der Waals surface area (Å²) in [5, 5.41) is 18.4. The van der Waals surface area contributed by atoms with Gasteiger partial charge in [-0.3, -0.25) is 14.4 Å². The topological polar surface area (TPSA) is 91.7 Å². The van der Waals surface area contributed by atoms with Gasteiger partial charge in [0.25, 0.3) is 0 Å². The highest BCUT2D eigenvalue weighted by Crippen LogP contribution is 2.32. The molecule has 0 saturated carbocycles. The molecule has 16 heavy (non-hydrogen) atoms. The lowest BCUT2D eigenvalue weighted by Crippen LogP contribution is -2.35. The Kier molecular flexibility index (Phi) is 2.05. The Bertz CT molecular complexity index is 529. The van der Waals surface area contributed by atoms with E-state index in [0.717, 1.165) is 12.1 Å². The zero-order valence-corrected chi connectivity index (χ0v) is 8.35. The van der Waals surface area contributed by atoms with Gasteiger partial charge in [-0.2, -0.15) is 0 Å². The summed E-state index contributed by atoms with van der Waals surface area (Å²) in [6.45, 7) is 1.34. The van der Waals surface area contributed by atoms with Crippen molar-refractivity contribution in [2.24, 2.45) is 5.92 Å². The van der Waals surface area contributed by atoms with Crippen molar-refractivity contribution in [1.82, 2.24) is 0 Å². The molecule has 82 valence electrons. The number of fused-ring (bicyclic) bond motifs is 1. The largest absolute Gasteiger partial charge is 0.504 e. The van der Waals surface area contributed by atoms with Gasteiger partial charge in [0.15, 0.2) is 17.3 Å². The molecule has 0 spiro atoms. The van der Waals surface area contributed by atoms with Crippen LogP contribution in [0.2, 0.25) is 0 Å². The van der Waals surface area contributed by atoms with Crippen LogP contribution in [0.3, 0.4) is 0 Å². The van der Waals surface area contributed by atoms with E-state index in [0.29, 0.717) is 0 Å². The van der Waals surface area contributed by atoms with Gasteiger partial charge in [0.2, 0.25) is 11.6 Å². The van der Waals surface area contributed by atoms with Crippen LogP contribution < -0.4 is 0 Å². The standard InChI is InChI=1S/C11H8O5/c1-4-9(14)5-2-7(12)8(13)3-6(5)11(16)10(4)15/h2-4,12-13H,1H3. The number of aromatic hydroxyl groups is 2. The molecule has 0 fully saturated rings. The molecule has 0 saturated heterocycles. The van der Waals surface area contributed by atoms with Crippen molar-refractivity contribution in [2.45, 2.75) is 6.92 Å². The monoisotopic (exact) mass is 220 g/mol. The highest BCUT2D eigenvalue weighted by Gasteiger charge is 2.38. The van der Waals surface area contributed by atoms with Gasteiger partial charge in [0, 0.05) is 11.1 Å². The van der Waals surface area contributed by atoms with Gasteiger partial charge in [0.05, 0.1) is 5.92 Å². The molecular weight excluding hydrogens is 212 g/mol. The second-order valence-corrected chi connectivity index (χ2v) is 3.67. The van der Waals surface area contributed by atoms with E-state index in [2.05, 4.69) is 0 Å². The van der Waals surface area contributed by atoms with Crippen molar-refractivity contribution in [3.8, 4) is 11.5 Å². The number of rotatable bonds is 0. The molecular formula is C11H8O5. The molecule has 1 atom stereocenters. The van der Waals surface area contributed by atoms with Crippen LogP contribution in [0.5, 0.6) is 11.5 Å². The van der Waals surface area contributed by atoms with Gasteiger partial charge < -0.3 is 10.2 Å². The number of ketones is 3. The first-order valence-electron chi connectivity index (χ1n) is 4.62. The van der Waals surface area contributed by atoms with E-state index in [1.54, 1.807) is 0 Å². The molecule has 1 aliphatic carbocycles. The van der Waals surface area contributed by atoms with E-state index >= 15 is 0 Å². The van der Waals surface area contributed by atoms with E-state index in [4.69, 9.17) is 0 Å². The number of phenolic OH excluding ortho intramolecular Hbond substituents is 2. The average Bonchev–Trinajstić information content (AvgIpc) is 2.26. The quantitative estimate of drug-likeness (QED) is 0.381. The van der Waals surface area contributed by atoms with Crippen LogP contribution in [0, 0.1) is 5.92 Å². The maximum absolute atomic E-state index is 11.7. The van der Waals surface area contributed by atoms with E-state index in [9.17, 15) is 24.6 Å². The minimum Gasteiger partial charge on any atom is -0.504 e. The van der Waals surface area contributed by atoms with Crippen LogP contribution in [0.15, 0.2) is 12.1 Å². The van der Waals surface area contributed by atoms with Crippen molar-refractivity contribution in [3.05, 3.63) is 23.3 Å². The molecule has 2 N–H and O–H groups in total. The van der Waals surface area contributed by atoms with Gasteiger partial charge in [-0.15, -0.1) is 0 Å². The summed E-state index contributed by atoms with van der Waals surface area (Å²) in [7, 11) is 0. The van der Waals surface area contributed by atoms with Crippen molar-refractivity contribution in [3.63, 3.8) is 0 Å². The van der Waals surface area contributed by atoms with E-state index < -0.39 is 34.8 Å². The first kappa shape index (κ1) is 10.4. The van der Waals surface area contributed by atoms with E-state index in [1.165, 1.54) is 6.92 Å². The Hall–Kier alpha value is -2.17. The highest BCUT2D eigenvalue weighted by atomic mass is 16.3. The minimum absolute atomic E-state index is 0.0209. The van der Waals surface area contributed by atoms with Gasteiger partial charge in [0.1, 0.15) is 0 Å². The maximum atomic E-state index is 11.7. The molecule has 1 unspecified atom stereocenters. The molecule has 0 bridgehead atoms. The summed E-state index contributed by atoms with van der Waals surface area (Å²) >= 11 is 0. The number of Topliss-reactive ketones (excluding diaryl/α,β-unsaturated/α-hetero) is 3. The third-order valence-corrected chi connectivity index (χ3v) is 2.64. The fourth-order valence-corrected chi connectivity index (χ4v) is 1.65. The van der Waals surface area contributed by atoms with Crippen molar-refractivity contribution < 1.29 is 24.6 Å². The van der Waals surface area contributed by atoms with Crippen molar-refractivity contribution in [1.29, 1.82) is 0 Å². The first-order chi connectivity index (χ1) is 7.43. The summed E-state index contributed by atoms with van der Waals surface area (Å²) in [5.74, 6) is -4.15. The van der Waals surface area contributed by atoms with Crippen LogP contribution in [0.4, 0.5) is 0 Å². The lowest BCUT2D eigenvalue weighted by Gasteiger charge is -2.18. The number of carbonyl (C=O) groups excluding carboxylic acids is 3. The average molecular weight is 220 g/mol. The Morgan fingerprint density at radius 3 is 2.00 bits per heavy atom. The fraction of sp³-hybridized carbons (Fsp3) is 0.182. The normalized spacial score (nSPS) is 19.8. The third-order valence-electron chi connectivity index (χ3n) is 2.64. The fourth-order valence-electron chi connectivity index (χ4n) is 1.65. The number of phenols is 2. The summed E-state index contributed by atoms with van der Waals surface area (Å²) in [6, 6.07) is 1.95. The molecule has 1 aromatic rings. The van der Waals surface area contributed by atoms with Gasteiger partial charge in [-0.25, -0.2) is 0 Å². The zero-order valence-electron chi connectivity index (χ0n) is 8.35. The molecule has 0 aromatic heterocycles. The van der Waals surface area contributed by atoms with Crippen LogP contribution in [0.1, 0.15) is 27.6 Å². The molecule has 1 aliphatic rings. The molecule has 5 nitrogen and oxygen atoms in total. The van der Waals surface area contributed by atoms with E-state index in [1.807, 2.05) is 0 Å². The van der Waals surface area contributed by atoms with Gasteiger partial charge in [-0.05, 0) is 19.1 Å². The predicted octanol–water partition coefficient (Wildman–Crippen LogP) is 0.682. The van der Waals surface area contributed by atoms with Crippen LogP contribution in [0.25, 0.3) is 0 Å². The molecule has 0 heterocycles. The molecule has 0 aliphatic heterocycles. The molecule has 1 aromatic carbocycles. The SMILES string of the molecule is CC1C(=O)C(=O)c2cc(O)c(O)cc2C1=O. The second kappa shape index (κ2) is 3.16. The van der Waals surface area contributed by atoms with Crippen LogP contribution in [-0.2, 0) is 4.79 Å². The molecule has 5 heteroatoms. The van der Waals surface area contributed by atoms with Gasteiger partial charge in [-0.1, -0.05) is 0 Å². The maximum Gasteiger partial charge on any atom is 0.230 e. The number of hydrogen-bond acceptors (Lipinski definition) is 5. The summed E-state index contributed by atoms with van der Waals surface area (Å²) in [6.07, 6.45) is 0. The van der Waals surface area contributed by atoms with Crippen LogP contribution >= 0.6 is 0 Å². The summed E-state index contributed by atoms with van der Waals surface area (Å²) in [5.41, 5.74) is -0.171. The molecule has 0 amide bonds. The zero-order chi connectivity index (χ0) is 12.0. The van der Waals surface area contributed by atoms with E-state index in [-0.39, 0.29) is 11.1 Å². The molecule has 2 rings (SSSR count). The number of benzene rings is 1. The Morgan fingerprint density at radius 1 is 0.938 bits per heavy atom. The van der Waals surface area contributed by atoms with Crippen LogP contribution in [-0.4, -0.2) is 27.6 Å².